The van der Waals surface area contributed by atoms with Gasteiger partial charge in [0.25, 0.3) is 11.8 Å². The van der Waals surface area contributed by atoms with Crippen LogP contribution in [0.2, 0.25) is 0 Å². The largest absolute Gasteiger partial charge is 0.334 e. The molecule has 1 N–H and O–H groups in total. The molecule has 198 valence electrons. The van der Waals surface area contributed by atoms with Gasteiger partial charge in [0.15, 0.2) is 0 Å². The Morgan fingerprint density at radius 1 is 0.769 bits per heavy atom. The fourth-order valence-electron chi connectivity index (χ4n) is 6.32. The lowest BCUT2D eigenvalue weighted by Crippen LogP contribution is -2.40. The number of para-hydroxylation sites is 1. The molecular formula is C30H30N6O3. The third kappa shape index (κ3) is 4.00. The predicted molar refractivity (Wildman–Crippen MR) is 145 cm³/mol. The maximum atomic E-state index is 13.8. The van der Waals surface area contributed by atoms with E-state index in [1.807, 2.05) is 64.3 Å². The SMILES string of the molecule is O=C(c1cccc2c1CN(C(=O)c1[nH]c(=O)n3c1CCCC3)CC2)N1CCc2c(cnn2-c2ccccc2)C1. The van der Waals surface area contributed by atoms with Crippen molar-refractivity contribution in [2.45, 2.75) is 51.7 Å². The number of fused-ring (bicyclic) bond motifs is 3. The molecule has 9 nitrogen and oxygen atoms in total. The zero-order valence-electron chi connectivity index (χ0n) is 21.7. The van der Waals surface area contributed by atoms with Gasteiger partial charge in [-0.05, 0) is 55.0 Å². The summed E-state index contributed by atoms with van der Waals surface area (Å²) in [6, 6.07) is 15.9. The van der Waals surface area contributed by atoms with Crippen LogP contribution < -0.4 is 5.69 Å². The summed E-state index contributed by atoms with van der Waals surface area (Å²) in [5, 5.41) is 4.60. The molecule has 0 fully saturated rings. The second-order valence-electron chi connectivity index (χ2n) is 10.6. The highest BCUT2D eigenvalue weighted by Gasteiger charge is 2.32. The van der Waals surface area contributed by atoms with Gasteiger partial charge in [0.05, 0.1) is 23.3 Å². The van der Waals surface area contributed by atoms with E-state index in [1.165, 1.54) is 0 Å². The standard InChI is InChI=1S/C30H30N6O3/c37-28(33-16-13-25-21(18-33)17-31-36(25)22-8-2-1-3-9-22)23-10-6-7-20-12-15-34(19-24(20)23)29(38)27-26-11-4-5-14-35(26)30(39)32-27/h1-3,6-10,17H,4-5,11-16,18-19H2,(H,32,39). The van der Waals surface area contributed by atoms with Crippen molar-refractivity contribution in [3.05, 3.63) is 105 Å². The van der Waals surface area contributed by atoms with Crippen molar-refractivity contribution in [3.8, 4) is 5.69 Å². The van der Waals surface area contributed by atoms with E-state index in [2.05, 4.69) is 10.1 Å². The zero-order valence-corrected chi connectivity index (χ0v) is 21.7. The number of aromatic amines is 1. The fourth-order valence-corrected chi connectivity index (χ4v) is 6.32. The normalized spacial score (nSPS) is 16.4. The summed E-state index contributed by atoms with van der Waals surface area (Å²) in [5.74, 6) is -0.180. The molecule has 2 aromatic carbocycles. The minimum absolute atomic E-state index is 0.0195. The molecule has 5 heterocycles. The Bertz CT molecular complexity index is 1650. The van der Waals surface area contributed by atoms with E-state index in [0.29, 0.717) is 50.4 Å². The Balaban J connectivity index is 1.13. The number of aromatic nitrogens is 4. The Labute approximate surface area is 225 Å². The quantitative estimate of drug-likeness (QED) is 0.447. The minimum atomic E-state index is -0.207. The molecule has 0 aliphatic carbocycles. The maximum Gasteiger partial charge on any atom is 0.326 e. The summed E-state index contributed by atoms with van der Waals surface area (Å²) in [6.45, 7) is 2.68. The highest BCUT2D eigenvalue weighted by molar-refractivity contribution is 5.97. The summed E-state index contributed by atoms with van der Waals surface area (Å²) in [6.07, 6.45) is 5.92. The highest BCUT2D eigenvalue weighted by Crippen LogP contribution is 2.28. The number of carbonyl (C=O) groups excluding carboxylic acids is 2. The Morgan fingerprint density at radius 3 is 2.46 bits per heavy atom. The molecule has 0 unspecified atom stereocenters. The summed E-state index contributed by atoms with van der Waals surface area (Å²) in [4.78, 5) is 46.3. The molecule has 0 saturated carbocycles. The first-order valence-electron chi connectivity index (χ1n) is 13.7. The van der Waals surface area contributed by atoms with Crippen molar-refractivity contribution in [1.82, 2.24) is 29.1 Å². The van der Waals surface area contributed by atoms with E-state index in [4.69, 9.17) is 0 Å². The lowest BCUT2D eigenvalue weighted by molar-refractivity contribution is 0.0700. The number of rotatable bonds is 3. The topological polar surface area (TPSA) is 96.2 Å². The summed E-state index contributed by atoms with van der Waals surface area (Å²) >= 11 is 0. The molecule has 0 spiro atoms. The van der Waals surface area contributed by atoms with Crippen LogP contribution in [0.4, 0.5) is 0 Å². The van der Waals surface area contributed by atoms with E-state index < -0.39 is 0 Å². The number of nitrogens with zero attached hydrogens (tertiary/aromatic N) is 5. The Hall–Kier alpha value is -4.40. The van der Waals surface area contributed by atoms with E-state index >= 15 is 0 Å². The number of hydrogen-bond acceptors (Lipinski definition) is 4. The number of nitrogens with one attached hydrogen (secondary N) is 1. The van der Waals surface area contributed by atoms with Gasteiger partial charge in [0.1, 0.15) is 5.69 Å². The van der Waals surface area contributed by atoms with Crippen LogP contribution in [0.25, 0.3) is 5.69 Å². The van der Waals surface area contributed by atoms with Crippen LogP contribution in [0, 0.1) is 0 Å². The first-order chi connectivity index (χ1) is 19.1. The lowest BCUT2D eigenvalue weighted by Gasteiger charge is -2.32. The van der Waals surface area contributed by atoms with E-state index in [9.17, 15) is 14.4 Å². The molecule has 0 saturated heterocycles. The van der Waals surface area contributed by atoms with Gasteiger partial charge in [-0.2, -0.15) is 5.10 Å². The maximum absolute atomic E-state index is 13.8. The van der Waals surface area contributed by atoms with Gasteiger partial charge in [-0.1, -0.05) is 30.3 Å². The van der Waals surface area contributed by atoms with Crippen LogP contribution in [-0.4, -0.2) is 54.0 Å². The first-order valence-corrected chi connectivity index (χ1v) is 13.7. The summed E-state index contributed by atoms with van der Waals surface area (Å²) in [5.41, 5.74) is 6.89. The third-order valence-corrected chi connectivity index (χ3v) is 8.36. The molecule has 4 aromatic rings. The predicted octanol–water partition coefficient (Wildman–Crippen LogP) is 3.10. The molecule has 9 heteroatoms. The number of carbonyl (C=O) groups is 2. The molecule has 39 heavy (non-hydrogen) atoms. The molecular weight excluding hydrogens is 492 g/mol. The van der Waals surface area contributed by atoms with Gasteiger partial charge in [-0.3, -0.25) is 14.2 Å². The third-order valence-electron chi connectivity index (χ3n) is 8.36. The van der Waals surface area contributed by atoms with Crippen molar-refractivity contribution in [3.63, 3.8) is 0 Å². The highest BCUT2D eigenvalue weighted by atomic mass is 16.2. The number of hydrogen-bond donors (Lipinski definition) is 1. The molecule has 3 aliphatic rings. The number of amides is 2. The molecule has 0 radical (unpaired) electrons. The zero-order chi connectivity index (χ0) is 26.5. The van der Waals surface area contributed by atoms with E-state index in [0.717, 1.165) is 59.4 Å². The van der Waals surface area contributed by atoms with Crippen molar-refractivity contribution >= 4 is 11.8 Å². The van der Waals surface area contributed by atoms with Gasteiger partial charge in [-0.25, -0.2) is 9.48 Å². The fraction of sp³-hybridized carbons (Fsp3) is 0.333. The van der Waals surface area contributed by atoms with Crippen LogP contribution in [0.5, 0.6) is 0 Å². The molecule has 3 aliphatic heterocycles. The van der Waals surface area contributed by atoms with Crippen LogP contribution in [0.3, 0.4) is 0 Å². The number of imidazole rings is 1. The average Bonchev–Trinajstić information content (AvgIpc) is 3.57. The lowest BCUT2D eigenvalue weighted by atomic mass is 9.93. The number of H-pyrrole nitrogens is 1. The summed E-state index contributed by atoms with van der Waals surface area (Å²) in [7, 11) is 0. The molecule has 0 bridgehead atoms. The van der Waals surface area contributed by atoms with Gasteiger partial charge < -0.3 is 14.8 Å². The van der Waals surface area contributed by atoms with Gasteiger partial charge in [0.2, 0.25) is 0 Å². The van der Waals surface area contributed by atoms with E-state index in [-0.39, 0.29) is 17.5 Å². The molecule has 2 aromatic heterocycles. The molecule has 0 atom stereocenters. The van der Waals surface area contributed by atoms with Crippen LogP contribution in [-0.2, 0) is 38.9 Å². The first kappa shape index (κ1) is 23.7. The second-order valence-corrected chi connectivity index (χ2v) is 10.6. The minimum Gasteiger partial charge on any atom is -0.334 e. The van der Waals surface area contributed by atoms with Crippen LogP contribution in [0.15, 0.2) is 59.5 Å². The molecule has 2 amide bonds. The Kier molecular flexibility index (Phi) is 5.72. The van der Waals surface area contributed by atoms with Gasteiger partial charge in [-0.15, -0.1) is 0 Å². The van der Waals surface area contributed by atoms with Gasteiger partial charge >= 0.3 is 5.69 Å². The number of benzene rings is 2. The van der Waals surface area contributed by atoms with Crippen molar-refractivity contribution < 1.29 is 9.59 Å². The van der Waals surface area contributed by atoms with Crippen molar-refractivity contribution in [2.24, 2.45) is 0 Å². The van der Waals surface area contributed by atoms with E-state index in [1.54, 1.807) is 9.47 Å². The van der Waals surface area contributed by atoms with Gasteiger partial charge in [0, 0.05) is 50.3 Å². The van der Waals surface area contributed by atoms with Crippen LogP contribution >= 0.6 is 0 Å². The second kappa shape index (κ2) is 9.41. The van der Waals surface area contributed by atoms with Crippen molar-refractivity contribution in [1.29, 1.82) is 0 Å². The monoisotopic (exact) mass is 522 g/mol. The van der Waals surface area contributed by atoms with Crippen molar-refractivity contribution in [2.75, 3.05) is 13.1 Å². The average molecular weight is 523 g/mol. The van der Waals surface area contributed by atoms with Crippen LogP contribution in [0.1, 0.15) is 61.8 Å². The smallest absolute Gasteiger partial charge is 0.326 e. The summed E-state index contributed by atoms with van der Waals surface area (Å²) < 4.78 is 3.67. The Morgan fingerprint density at radius 2 is 1.59 bits per heavy atom. The molecule has 7 rings (SSSR count).